The van der Waals surface area contributed by atoms with Crippen LogP contribution in [0, 0.1) is 23.2 Å². The Morgan fingerprint density at radius 2 is 1.44 bits per heavy atom. The van der Waals surface area contributed by atoms with E-state index in [2.05, 4.69) is 26.2 Å². The molecule has 1 atom stereocenters. The Balaban J connectivity index is 1.89. The standard InChI is InChI=1S/C16H32N2/c1-12-4-6-13(7-5-12)15(18-17)14-8-10-16(2,3)11-9-14/h12-15,18H,4-11,17H2,1-3H3. The van der Waals surface area contributed by atoms with Gasteiger partial charge in [-0.05, 0) is 61.7 Å². The fraction of sp³-hybridized carbons (Fsp3) is 1.00. The van der Waals surface area contributed by atoms with Crippen LogP contribution in [0.3, 0.4) is 0 Å². The van der Waals surface area contributed by atoms with Gasteiger partial charge >= 0.3 is 0 Å². The second-order valence-electron chi connectivity index (χ2n) is 7.71. The summed E-state index contributed by atoms with van der Waals surface area (Å²) in [5, 5.41) is 0. The molecule has 2 aliphatic carbocycles. The zero-order chi connectivity index (χ0) is 13.2. The maximum absolute atomic E-state index is 5.89. The van der Waals surface area contributed by atoms with E-state index < -0.39 is 0 Å². The first-order chi connectivity index (χ1) is 8.52. The number of nitrogens with two attached hydrogens (primary N) is 1. The second kappa shape index (κ2) is 5.92. The van der Waals surface area contributed by atoms with Crippen LogP contribution in [0.25, 0.3) is 0 Å². The van der Waals surface area contributed by atoms with E-state index in [9.17, 15) is 0 Å². The van der Waals surface area contributed by atoms with Crippen LogP contribution < -0.4 is 11.3 Å². The number of hydrogen-bond donors (Lipinski definition) is 2. The maximum Gasteiger partial charge on any atom is 0.0267 e. The Morgan fingerprint density at radius 3 is 1.94 bits per heavy atom. The molecular weight excluding hydrogens is 220 g/mol. The lowest BCUT2D eigenvalue weighted by Crippen LogP contribution is -2.48. The van der Waals surface area contributed by atoms with Crippen LogP contribution in [0.1, 0.15) is 72.1 Å². The molecule has 1 unspecified atom stereocenters. The van der Waals surface area contributed by atoms with Gasteiger partial charge < -0.3 is 0 Å². The van der Waals surface area contributed by atoms with Gasteiger partial charge in [0.1, 0.15) is 0 Å². The van der Waals surface area contributed by atoms with Gasteiger partial charge in [-0.3, -0.25) is 11.3 Å². The van der Waals surface area contributed by atoms with E-state index in [1.54, 1.807) is 0 Å². The first kappa shape index (κ1) is 14.3. The van der Waals surface area contributed by atoms with Gasteiger partial charge in [0.15, 0.2) is 0 Å². The monoisotopic (exact) mass is 252 g/mol. The fourth-order valence-corrected chi connectivity index (χ4v) is 4.08. The normalized spacial score (nSPS) is 35.3. The van der Waals surface area contributed by atoms with Crippen molar-refractivity contribution in [3.05, 3.63) is 0 Å². The average molecular weight is 252 g/mol. The Morgan fingerprint density at radius 1 is 0.944 bits per heavy atom. The van der Waals surface area contributed by atoms with Crippen LogP contribution in [0.2, 0.25) is 0 Å². The average Bonchev–Trinajstić information content (AvgIpc) is 2.34. The van der Waals surface area contributed by atoms with Crippen molar-refractivity contribution >= 4 is 0 Å². The molecule has 0 radical (unpaired) electrons. The molecule has 3 N–H and O–H groups in total. The lowest BCUT2D eigenvalue weighted by atomic mass is 9.67. The Kier molecular flexibility index (Phi) is 4.71. The molecule has 0 bridgehead atoms. The van der Waals surface area contributed by atoms with Gasteiger partial charge in [-0.2, -0.15) is 0 Å². The first-order valence-corrected chi connectivity index (χ1v) is 7.98. The van der Waals surface area contributed by atoms with E-state index in [1.807, 2.05) is 0 Å². The fourth-order valence-electron chi connectivity index (χ4n) is 4.08. The second-order valence-corrected chi connectivity index (χ2v) is 7.71. The molecule has 2 nitrogen and oxygen atoms in total. The molecule has 0 aliphatic heterocycles. The molecule has 0 spiro atoms. The molecule has 2 aliphatic rings. The number of hydrogen-bond acceptors (Lipinski definition) is 2. The van der Waals surface area contributed by atoms with Crippen LogP contribution in [-0.2, 0) is 0 Å². The van der Waals surface area contributed by atoms with Crippen molar-refractivity contribution in [2.75, 3.05) is 0 Å². The van der Waals surface area contributed by atoms with Crippen molar-refractivity contribution in [2.45, 2.75) is 78.2 Å². The lowest BCUT2D eigenvalue weighted by molar-refractivity contribution is 0.114. The van der Waals surface area contributed by atoms with Crippen molar-refractivity contribution in [1.82, 2.24) is 5.43 Å². The topological polar surface area (TPSA) is 38.0 Å². The largest absolute Gasteiger partial charge is 0.271 e. The van der Waals surface area contributed by atoms with Crippen molar-refractivity contribution in [2.24, 2.45) is 29.0 Å². The third-order valence-electron chi connectivity index (χ3n) is 5.65. The summed E-state index contributed by atoms with van der Waals surface area (Å²) in [7, 11) is 0. The summed E-state index contributed by atoms with van der Waals surface area (Å²) in [6.45, 7) is 7.22. The molecule has 0 amide bonds. The van der Waals surface area contributed by atoms with Crippen LogP contribution in [0.15, 0.2) is 0 Å². The predicted molar refractivity (Wildman–Crippen MR) is 78.0 cm³/mol. The highest BCUT2D eigenvalue weighted by Crippen LogP contribution is 2.42. The van der Waals surface area contributed by atoms with Crippen LogP contribution in [-0.4, -0.2) is 6.04 Å². The van der Waals surface area contributed by atoms with E-state index >= 15 is 0 Å². The summed E-state index contributed by atoms with van der Waals surface area (Å²) in [4.78, 5) is 0. The summed E-state index contributed by atoms with van der Waals surface area (Å²) in [5.74, 6) is 8.47. The Labute approximate surface area is 113 Å². The SMILES string of the molecule is CC1CCC(C(NN)C2CCC(C)(C)CC2)CC1. The van der Waals surface area contributed by atoms with E-state index in [4.69, 9.17) is 5.84 Å². The highest BCUT2D eigenvalue weighted by atomic mass is 15.2. The summed E-state index contributed by atoms with van der Waals surface area (Å²) in [6.07, 6.45) is 11.1. The third-order valence-corrected chi connectivity index (χ3v) is 5.65. The number of nitrogens with one attached hydrogen (secondary N) is 1. The van der Waals surface area contributed by atoms with Crippen molar-refractivity contribution in [3.63, 3.8) is 0 Å². The van der Waals surface area contributed by atoms with Gasteiger partial charge in [0, 0.05) is 6.04 Å². The Bertz CT molecular complexity index is 244. The molecule has 0 heterocycles. The Hall–Kier alpha value is -0.0800. The quantitative estimate of drug-likeness (QED) is 0.591. The summed E-state index contributed by atoms with van der Waals surface area (Å²) in [5.41, 5.74) is 3.75. The van der Waals surface area contributed by atoms with Gasteiger partial charge in [-0.1, -0.05) is 33.6 Å². The molecule has 0 aromatic rings. The van der Waals surface area contributed by atoms with Crippen molar-refractivity contribution < 1.29 is 0 Å². The lowest BCUT2D eigenvalue weighted by Gasteiger charge is -2.42. The summed E-state index contributed by atoms with van der Waals surface area (Å²) in [6, 6.07) is 0.577. The molecule has 0 saturated heterocycles. The molecule has 2 rings (SSSR count). The van der Waals surface area contributed by atoms with Gasteiger partial charge in [-0.15, -0.1) is 0 Å². The van der Waals surface area contributed by atoms with E-state index in [0.29, 0.717) is 11.5 Å². The molecule has 18 heavy (non-hydrogen) atoms. The molecule has 106 valence electrons. The smallest absolute Gasteiger partial charge is 0.0267 e. The number of rotatable bonds is 3. The van der Waals surface area contributed by atoms with Gasteiger partial charge in [0.2, 0.25) is 0 Å². The van der Waals surface area contributed by atoms with Crippen molar-refractivity contribution in [1.29, 1.82) is 0 Å². The number of hydrazine groups is 1. The predicted octanol–water partition coefficient (Wildman–Crippen LogP) is 3.86. The van der Waals surface area contributed by atoms with Crippen LogP contribution in [0.4, 0.5) is 0 Å². The molecule has 2 heteroatoms. The summed E-state index contributed by atoms with van der Waals surface area (Å²) < 4.78 is 0. The van der Waals surface area contributed by atoms with E-state index in [0.717, 1.165) is 17.8 Å². The zero-order valence-electron chi connectivity index (χ0n) is 12.5. The minimum absolute atomic E-state index is 0.566. The molecule has 0 aromatic heterocycles. The van der Waals surface area contributed by atoms with Gasteiger partial charge in [0.05, 0.1) is 0 Å². The molecule has 2 saturated carbocycles. The minimum Gasteiger partial charge on any atom is -0.271 e. The third kappa shape index (κ3) is 3.48. The molecular formula is C16H32N2. The molecule has 2 fully saturated rings. The van der Waals surface area contributed by atoms with E-state index in [1.165, 1.54) is 51.4 Å². The minimum atomic E-state index is 0.566. The van der Waals surface area contributed by atoms with Crippen molar-refractivity contribution in [3.8, 4) is 0 Å². The van der Waals surface area contributed by atoms with Gasteiger partial charge in [-0.25, -0.2) is 0 Å². The highest BCUT2D eigenvalue weighted by molar-refractivity contribution is 4.89. The summed E-state index contributed by atoms with van der Waals surface area (Å²) >= 11 is 0. The molecule has 0 aromatic carbocycles. The highest BCUT2D eigenvalue weighted by Gasteiger charge is 2.35. The zero-order valence-corrected chi connectivity index (χ0v) is 12.5. The first-order valence-electron chi connectivity index (χ1n) is 7.98. The maximum atomic E-state index is 5.89. The van der Waals surface area contributed by atoms with Gasteiger partial charge in [0.25, 0.3) is 0 Å². The van der Waals surface area contributed by atoms with Crippen LogP contribution >= 0.6 is 0 Å². The van der Waals surface area contributed by atoms with Crippen LogP contribution in [0.5, 0.6) is 0 Å². The van der Waals surface area contributed by atoms with E-state index in [-0.39, 0.29) is 0 Å².